The Morgan fingerprint density at radius 3 is 2.76 bits per heavy atom. The van der Waals surface area contributed by atoms with Gasteiger partial charge in [0.05, 0.1) is 17.3 Å². The lowest BCUT2D eigenvalue weighted by Gasteiger charge is -2.24. The molecule has 2 aromatic heterocycles. The number of nitrogen functional groups attached to an aromatic ring is 1. The molecule has 1 saturated heterocycles. The maximum absolute atomic E-state index is 12.5. The van der Waals surface area contributed by atoms with Gasteiger partial charge >= 0.3 is 6.09 Å². The predicted octanol–water partition coefficient (Wildman–Crippen LogP) is 3.91. The molecule has 1 atom stereocenters. The lowest BCUT2D eigenvalue weighted by molar-refractivity contribution is 0.0289. The van der Waals surface area contributed by atoms with Crippen LogP contribution in [0.1, 0.15) is 33.2 Å². The van der Waals surface area contributed by atoms with Crippen molar-refractivity contribution in [3.8, 4) is 11.4 Å². The summed E-state index contributed by atoms with van der Waals surface area (Å²) in [5.41, 5.74) is 7.35. The summed E-state index contributed by atoms with van der Waals surface area (Å²) >= 11 is 6.45. The molecule has 8 nitrogen and oxygen atoms in total. The molecular formula is C20H23ClN6O2. The lowest BCUT2D eigenvalue weighted by atomic mass is 10.2. The highest BCUT2D eigenvalue weighted by Crippen LogP contribution is 2.35. The Morgan fingerprint density at radius 2 is 2.03 bits per heavy atom. The van der Waals surface area contributed by atoms with Crippen molar-refractivity contribution in [1.82, 2.24) is 24.4 Å². The summed E-state index contributed by atoms with van der Waals surface area (Å²) in [6.45, 7) is 6.65. The van der Waals surface area contributed by atoms with Crippen molar-refractivity contribution in [2.75, 3.05) is 18.8 Å². The minimum atomic E-state index is -0.540. The first-order chi connectivity index (χ1) is 13.7. The first kappa shape index (κ1) is 19.4. The van der Waals surface area contributed by atoms with E-state index in [4.69, 9.17) is 27.1 Å². The van der Waals surface area contributed by atoms with Gasteiger partial charge in [-0.05, 0) is 39.3 Å². The molecule has 9 heteroatoms. The number of imidazole rings is 1. The SMILES string of the molecule is CC(C)(C)OC(=O)N1CCC(n2c(-c3ccccc3Cl)nc3cnc(N)nc32)C1. The number of fused-ring (bicyclic) bond motifs is 1. The monoisotopic (exact) mass is 414 g/mol. The van der Waals surface area contributed by atoms with Crippen LogP contribution in [0.25, 0.3) is 22.6 Å². The van der Waals surface area contributed by atoms with Crippen molar-refractivity contribution in [1.29, 1.82) is 0 Å². The number of carbonyl (C=O) groups excluding carboxylic acids is 1. The van der Waals surface area contributed by atoms with Gasteiger partial charge in [0.1, 0.15) is 16.9 Å². The first-order valence-corrected chi connectivity index (χ1v) is 9.84. The van der Waals surface area contributed by atoms with E-state index < -0.39 is 5.60 Å². The molecule has 0 saturated carbocycles. The highest BCUT2D eigenvalue weighted by Gasteiger charge is 2.33. The number of amides is 1. The van der Waals surface area contributed by atoms with Gasteiger partial charge in [-0.3, -0.25) is 0 Å². The van der Waals surface area contributed by atoms with Crippen LogP contribution < -0.4 is 5.73 Å². The van der Waals surface area contributed by atoms with Crippen molar-refractivity contribution in [3.63, 3.8) is 0 Å². The van der Waals surface area contributed by atoms with E-state index in [0.29, 0.717) is 35.1 Å². The quantitative estimate of drug-likeness (QED) is 0.682. The number of ether oxygens (including phenoxy) is 1. The zero-order chi connectivity index (χ0) is 20.8. The second kappa shape index (κ2) is 7.18. The number of hydrogen-bond donors (Lipinski definition) is 1. The number of halogens is 1. The van der Waals surface area contributed by atoms with Gasteiger partial charge in [-0.25, -0.2) is 14.8 Å². The average molecular weight is 415 g/mol. The molecular weight excluding hydrogens is 392 g/mol. The summed E-state index contributed by atoms with van der Waals surface area (Å²) in [6, 6.07) is 7.48. The van der Waals surface area contributed by atoms with Crippen molar-refractivity contribution in [2.24, 2.45) is 0 Å². The van der Waals surface area contributed by atoms with Crippen LogP contribution in [-0.4, -0.2) is 49.2 Å². The van der Waals surface area contributed by atoms with Crippen LogP contribution in [0.2, 0.25) is 5.02 Å². The topological polar surface area (TPSA) is 99.2 Å². The van der Waals surface area contributed by atoms with Crippen molar-refractivity contribution >= 4 is 34.8 Å². The molecule has 1 amide bonds. The van der Waals surface area contributed by atoms with Gasteiger partial charge in [0.25, 0.3) is 0 Å². The maximum atomic E-state index is 12.5. The molecule has 1 unspecified atom stereocenters. The van der Waals surface area contributed by atoms with Gasteiger partial charge in [-0.2, -0.15) is 4.98 Å². The predicted molar refractivity (Wildman–Crippen MR) is 112 cm³/mol. The normalized spacial score (nSPS) is 17.1. The third-order valence-corrected chi connectivity index (χ3v) is 5.08. The van der Waals surface area contributed by atoms with Gasteiger partial charge in [0.2, 0.25) is 5.95 Å². The number of anilines is 1. The highest BCUT2D eigenvalue weighted by atomic mass is 35.5. The molecule has 1 fully saturated rings. The molecule has 1 aliphatic heterocycles. The lowest BCUT2D eigenvalue weighted by Crippen LogP contribution is -2.35. The van der Waals surface area contributed by atoms with Crippen LogP contribution in [-0.2, 0) is 4.74 Å². The summed E-state index contributed by atoms with van der Waals surface area (Å²) in [4.78, 5) is 27.4. The second-order valence-electron chi connectivity index (χ2n) is 8.09. The molecule has 4 rings (SSSR count). The van der Waals surface area contributed by atoms with Crippen LogP contribution in [0.5, 0.6) is 0 Å². The van der Waals surface area contributed by atoms with Crippen molar-refractivity contribution in [2.45, 2.75) is 38.8 Å². The molecule has 3 heterocycles. The van der Waals surface area contributed by atoms with E-state index in [-0.39, 0.29) is 18.1 Å². The van der Waals surface area contributed by atoms with E-state index in [1.807, 2.05) is 49.6 Å². The fourth-order valence-electron chi connectivity index (χ4n) is 3.53. The molecule has 0 spiro atoms. The number of carbonyl (C=O) groups is 1. The van der Waals surface area contributed by atoms with Crippen LogP contribution in [0.4, 0.5) is 10.7 Å². The van der Waals surface area contributed by atoms with E-state index in [1.54, 1.807) is 11.1 Å². The first-order valence-electron chi connectivity index (χ1n) is 9.46. The van der Waals surface area contributed by atoms with E-state index >= 15 is 0 Å². The number of likely N-dealkylation sites (tertiary alicyclic amines) is 1. The average Bonchev–Trinajstić information content (AvgIpc) is 3.25. The van der Waals surface area contributed by atoms with Crippen LogP contribution in [0.3, 0.4) is 0 Å². The summed E-state index contributed by atoms with van der Waals surface area (Å²) in [5, 5.41) is 0.590. The molecule has 0 aliphatic carbocycles. The summed E-state index contributed by atoms with van der Waals surface area (Å²) in [7, 11) is 0. The Hall–Kier alpha value is -2.87. The van der Waals surface area contributed by atoms with Crippen LogP contribution in [0, 0.1) is 0 Å². The van der Waals surface area contributed by atoms with Gasteiger partial charge in [0, 0.05) is 18.7 Å². The molecule has 3 aromatic rings. The fourth-order valence-corrected chi connectivity index (χ4v) is 3.75. The standard InChI is InChI=1S/C20H23ClN6O2/c1-20(2,3)29-19(28)26-9-8-12(11-26)27-16(13-6-4-5-7-14(13)21)24-15-10-23-18(22)25-17(15)27/h4-7,10,12H,8-9,11H2,1-3H3,(H2,22,23,25). The molecule has 152 valence electrons. The third-order valence-electron chi connectivity index (χ3n) is 4.75. The molecule has 0 radical (unpaired) electrons. The van der Waals surface area contributed by atoms with E-state index in [1.165, 1.54) is 0 Å². The molecule has 0 bridgehead atoms. The number of rotatable bonds is 2. The number of aromatic nitrogens is 4. The highest BCUT2D eigenvalue weighted by molar-refractivity contribution is 6.33. The van der Waals surface area contributed by atoms with Gasteiger partial charge in [0.15, 0.2) is 5.65 Å². The Balaban J connectivity index is 1.75. The zero-order valence-electron chi connectivity index (χ0n) is 16.6. The van der Waals surface area contributed by atoms with Gasteiger partial charge in [-0.15, -0.1) is 0 Å². The van der Waals surface area contributed by atoms with Crippen molar-refractivity contribution < 1.29 is 9.53 Å². The molecule has 1 aliphatic rings. The smallest absolute Gasteiger partial charge is 0.410 e. The molecule has 1 aromatic carbocycles. The summed E-state index contributed by atoms with van der Waals surface area (Å²) < 4.78 is 7.54. The largest absolute Gasteiger partial charge is 0.444 e. The van der Waals surface area contributed by atoms with E-state index in [0.717, 1.165) is 12.0 Å². The Kier molecular flexibility index (Phi) is 4.82. The molecule has 29 heavy (non-hydrogen) atoms. The van der Waals surface area contributed by atoms with Crippen molar-refractivity contribution in [3.05, 3.63) is 35.5 Å². The number of nitrogens with two attached hydrogens (primary N) is 1. The number of benzene rings is 1. The fraction of sp³-hybridized carbons (Fsp3) is 0.400. The second-order valence-corrected chi connectivity index (χ2v) is 8.50. The summed E-state index contributed by atoms with van der Waals surface area (Å²) in [5.74, 6) is 0.855. The van der Waals surface area contributed by atoms with E-state index in [9.17, 15) is 4.79 Å². The Labute approximate surface area is 173 Å². The van der Waals surface area contributed by atoms with Gasteiger partial charge < -0.3 is 19.9 Å². The number of hydrogen-bond acceptors (Lipinski definition) is 6. The van der Waals surface area contributed by atoms with E-state index in [2.05, 4.69) is 9.97 Å². The van der Waals surface area contributed by atoms with Gasteiger partial charge in [-0.1, -0.05) is 23.7 Å². The Morgan fingerprint density at radius 1 is 1.28 bits per heavy atom. The third kappa shape index (κ3) is 3.85. The maximum Gasteiger partial charge on any atom is 0.410 e. The zero-order valence-corrected chi connectivity index (χ0v) is 17.3. The molecule has 2 N–H and O–H groups in total. The van der Waals surface area contributed by atoms with Crippen LogP contribution in [0.15, 0.2) is 30.5 Å². The number of nitrogens with zero attached hydrogens (tertiary/aromatic N) is 5. The van der Waals surface area contributed by atoms with Crippen LogP contribution >= 0.6 is 11.6 Å². The summed E-state index contributed by atoms with van der Waals surface area (Å²) in [6.07, 6.45) is 2.03. The Bertz CT molecular complexity index is 1070. The minimum absolute atomic E-state index is 0.0342. The minimum Gasteiger partial charge on any atom is -0.444 e.